The number of hydrogen-bond donors (Lipinski definition) is 3. The number of nitrogens with one attached hydrogen (secondary N) is 1. The van der Waals surface area contributed by atoms with Gasteiger partial charge in [0.15, 0.2) is 0 Å². The molecule has 1 fully saturated rings. The predicted octanol–water partition coefficient (Wildman–Crippen LogP) is 2.47. The molecule has 1 amide bonds. The lowest BCUT2D eigenvalue weighted by atomic mass is 9.69. The Morgan fingerprint density at radius 2 is 2.04 bits per heavy atom. The Labute approximate surface area is 159 Å². The lowest BCUT2D eigenvalue weighted by Crippen LogP contribution is -2.49. The summed E-state index contributed by atoms with van der Waals surface area (Å²) in [4.78, 5) is 23.5. The van der Waals surface area contributed by atoms with E-state index in [-0.39, 0.29) is 35.3 Å². The molecule has 2 atom stereocenters. The Hall–Kier alpha value is -2.83. The third kappa shape index (κ3) is 3.18. The fourth-order valence-electron chi connectivity index (χ4n) is 4.04. The molecule has 3 aliphatic rings. The van der Waals surface area contributed by atoms with Gasteiger partial charge >= 0.3 is 0 Å². The second-order valence-electron chi connectivity index (χ2n) is 8.19. The van der Waals surface area contributed by atoms with Crippen LogP contribution in [0.2, 0.25) is 0 Å². The van der Waals surface area contributed by atoms with Crippen molar-refractivity contribution in [3.63, 3.8) is 0 Å². The van der Waals surface area contributed by atoms with Gasteiger partial charge in [0.1, 0.15) is 11.6 Å². The van der Waals surface area contributed by atoms with Gasteiger partial charge in [0.05, 0.1) is 12.0 Å². The van der Waals surface area contributed by atoms with Gasteiger partial charge < -0.3 is 21.7 Å². The predicted molar refractivity (Wildman–Crippen MR) is 106 cm³/mol. The van der Waals surface area contributed by atoms with Gasteiger partial charge in [-0.1, -0.05) is 32.1 Å². The minimum atomic E-state index is -0.192. The topological polar surface area (TPSA) is 110 Å². The smallest absolute Gasteiger partial charge is 0.235 e. The van der Waals surface area contributed by atoms with Crippen LogP contribution in [-0.2, 0) is 4.79 Å². The summed E-state index contributed by atoms with van der Waals surface area (Å²) in [5.41, 5.74) is 13.3. The van der Waals surface area contributed by atoms with Crippen molar-refractivity contribution < 1.29 is 4.79 Å². The molecule has 2 heterocycles. The number of hydrogen-bond acceptors (Lipinski definition) is 6. The number of nitrogens with zero attached hydrogens (tertiary/aromatic N) is 3. The lowest BCUT2D eigenvalue weighted by Gasteiger charge is -2.43. The second-order valence-corrected chi connectivity index (χ2v) is 8.19. The van der Waals surface area contributed by atoms with Crippen LogP contribution < -0.4 is 16.8 Å². The molecular weight excluding hydrogens is 340 g/mol. The maximum Gasteiger partial charge on any atom is 0.235 e. The maximum atomic E-state index is 13.4. The van der Waals surface area contributed by atoms with Gasteiger partial charge in [0.25, 0.3) is 0 Å². The van der Waals surface area contributed by atoms with Gasteiger partial charge in [-0.25, -0.2) is 0 Å². The van der Waals surface area contributed by atoms with E-state index in [0.717, 1.165) is 24.1 Å². The summed E-state index contributed by atoms with van der Waals surface area (Å²) in [7, 11) is 0. The molecule has 4 rings (SSSR count). The monoisotopic (exact) mass is 366 g/mol. The van der Waals surface area contributed by atoms with Crippen LogP contribution in [0.25, 0.3) is 0 Å². The van der Waals surface area contributed by atoms with Crippen molar-refractivity contribution in [2.24, 2.45) is 11.3 Å². The molecule has 5 N–H and O–H groups in total. The first-order valence-electron chi connectivity index (χ1n) is 9.37. The van der Waals surface area contributed by atoms with E-state index in [9.17, 15) is 4.79 Å². The third-order valence-corrected chi connectivity index (χ3v) is 5.45. The zero-order chi connectivity index (χ0) is 19.3. The molecule has 1 unspecified atom stereocenters. The van der Waals surface area contributed by atoms with Crippen molar-refractivity contribution in [3.05, 3.63) is 41.6 Å². The number of allylic oxidation sites excluding steroid dienone is 4. The molecule has 0 aromatic carbocycles. The maximum absolute atomic E-state index is 13.4. The van der Waals surface area contributed by atoms with Crippen molar-refractivity contribution in [2.45, 2.75) is 45.7 Å². The minimum Gasteiger partial charge on any atom is -0.383 e. The van der Waals surface area contributed by atoms with Crippen LogP contribution in [0.1, 0.15) is 33.6 Å². The van der Waals surface area contributed by atoms with E-state index in [0.29, 0.717) is 11.6 Å². The Balaban J connectivity index is 1.69. The van der Waals surface area contributed by atoms with Crippen LogP contribution in [0.5, 0.6) is 0 Å². The summed E-state index contributed by atoms with van der Waals surface area (Å²) >= 11 is 0. The summed E-state index contributed by atoms with van der Waals surface area (Å²) < 4.78 is 0. The number of fused-ring (bicyclic) bond motifs is 1. The van der Waals surface area contributed by atoms with Crippen LogP contribution in [0, 0.1) is 11.3 Å². The number of carbonyl (C=O) groups is 1. The van der Waals surface area contributed by atoms with Gasteiger partial charge in [-0.2, -0.15) is 9.97 Å². The summed E-state index contributed by atoms with van der Waals surface area (Å²) in [6.45, 7) is 6.27. The number of rotatable bonds is 4. The Morgan fingerprint density at radius 1 is 1.30 bits per heavy atom. The summed E-state index contributed by atoms with van der Waals surface area (Å²) in [5.74, 6) is 1.04. The molecule has 0 radical (unpaired) electrons. The number of nitrogens with two attached hydrogens (primary N) is 2. The number of carbonyl (C=O) groups excluding carboxylic acids is 1. The van der Waals surface area contributed by atoms with Gasteiger partial charge in [0.2, 0.25) is 11.9 Å². The summed E-state index contributed by atoms with van der Waals surface area (Å²) in [6, 6.07) is 1.81. The van der Waals surface area contributed by atoms with E-state index in [1.807, 2.05) is 24.0 Å². The molecule has 1 aliphatic heterocycles. The minimum absolute atomic E-state index is 0.124. The molecule has 1 aromatic rings. The van der Waals surface area contributed by atoms with Crippen LogP contribution in [0.4, 0.5) is 17.6 Å². The second kappa shape index (κ2) is 6.11. The molecule has 0 bridgehead atoms. The van der Waals surface area contributed by atoms with Crippen molar-refractivity contribution in [1.82, 2.24) is 14.9 Å². The molecule has 0 saturated heterocycles. The highest BCUT2D eigenvalue weighted by molar-refractivity contribution is 5.88. The summed E-state index contributed by atoms with van der Waals surface area (Å²) in [6.07, 6.45) is 10.5. The lowest BCUT2D eigenvalue weighted by molar-refractivity contribution is -0.136. The average Bonchev–Trinajstić information content (AvgIpc) is 3.37. The fourth-order valence-corrected chi connectivity index (χ4v) is 4.04. The third-order valence-electron chi connectivity index (χ3n) is 5.45. The SMILES string of the molecule is C[C@H](Nc1cc(N)nc(N)n1)C1=CC2=CC=CC(C)(C)C2C(=O)N1C1CC1. The Kier molecular flexibility index (Phi) is 3.98. The highest BCUT2D eigenvalue weighted by atomic mass is 16.2. The number of nitrogen functional groups attached to an aromatic ring is 2. The van der Waals surface area contributed by atoms with Crippen molar-refractivity contribution in [1.29, 1.82) is 0 Å². The highest BCUT2D eigenvalue weighted by Gasteiger charge is 2.47. The molecule has 7 nitrogen and oxygen atoms in total. The number of amides is 1. The first kappa shape index (κ1) is 17.6. The molecular formula is C20H26N6O. The number of anilines is 3. The molecule has 7 heteroatoms. The average molecular weight is 366 g/mol. The molecule has 1 saturated carbocycles. The van der Waals surface area contributed by atoms with Crippen LogP contribution in [-0.4, -0.2) is 32.9 Å². The largest absolute Gasteiger partial charge is 0.383 e. The zero-order valence-electron chi connectivity index (χ0n) is 15.9. The van der Waals surface area contributed by atoms with E-state index < -0.39 is 0 Å². The van der Waals surface area contributed by atoms with E-state index in [4.69, 9.17) is 11.5 Å². The highest BCUT2D eigenvalue weighted by Crippen LogP contribution is 2.46. The van der Waals surface area contributed by atoms with E-state index in [2.05, 4.69) is 41.3 Å². The van der Waals surface area contributed by atoms with Crippen LogP contribution >= 0.6 is 0 Å². The zero-order valence-corrected chi connectivity index (χ0v) is 15.9. The quantitative estimate of drug-likeness (QED) is 0.755. The molecule has 2 aliphatic carbocycles. The number of aromatic nitrogens is 2. The Bertz CT molecular complexity index is 860. The van der Waals surface area contributed by atoms with Gasteiger partial charge in [-0.05, 0) is 36.8 Å². The normalized spacial score (nSPS) is 24.8. The van der Waals surface area contributed by atoms with E-state index >= 15 is 0 Å². The van der Waals surface area contributed by atoms with Gasteiger partial charge in [0, 0.05) is 17.8 Å². The van der Waals surface area contributed by atoms with Crippen molar-refractivity contribution in [3.8, 4) is 0 Å². The molecule has 1 aromatic heterocycles. The van der Waals surface area contributed by atoms with Crippen molar-refractivity contribution >= 4 is 23.5 Å². The van der Waals surface area contributed by atoms with Gasteiger partial charge in [-0.3, -0.25) is 4.79 Å². The van der Waals surface area contributed by atoms with E-state index in [1.165, 1.54) is 0 Å². The van der Waals surface area contributed by atoms with E-state index in [1.54, 1.807) is 6.07 Å². The van der Waals surface area contributed by atoms with Crippen molar-refractivity contribution in [2.75, 3.05) is 16.8 Å². The molecule has 142 valence electrons. The Morgan fingerprint density at radius 3 is 2.70 bits per heavy atom. The van der Waals surface area contributed by atoms with Crippen LogP contribution in [0.3, 0.4) is 0 Å². The first-order valence-corrected chi connectivity index (χ1v) is 9.37. The first-order chi connectivity index (χ1) is 12.8. The van der Waals surface area contributed by atoms with Crippen LogP contribution in [0.15, 0.2) is 41.6 Å². The molecule has 0 spiro atoms. The summed E-state index contributed by atoms with van der Waals surface area (Å²) in [5, 5.41) is 3.32. The molecule has 27 heavy (non-hydrogen) atoms. The fraction of sp³-hybridized carbons (Fsp3) is 0.450. The standard InChI is InChI=1S/C20H26N6O/c1-11(23-16-10-15(21)24-19(22)25-16)14-9-12-5-4-8-20(2,3)17(12)18(27)26(14)13-6-7-13/h4-5,8-11,13,17H,6-7H2,1-3H3,(H5,21,22,23,24,25)/t11-,17?/m0/s1. The van der Waals surface area contributed by atoms with Gasteiger partial charge in [-0.15, -0.1) is 0 Å².